The van der Waals surface area contributed by atoms with E-state index in [0.29, 0.717) is 12.8 Å². The molecule has 1 aliphatic rings. The van der Waals surface area contributed by atoms with E-state index in [1.165, 1.54) is 109 Å². The standard InChI is InChI=1S/C51H94NO12P/c1-3-5-7-9-11-13-15-17-19-20-21-22-23-25-27-29-31-33-35-37-39-44(54)43(41-63-65(61,62)64-51-49(59)47(57)46(56)48(58)50(51)60)52-45(55)40-42(53)38-36-34-32-30-28-26-24-18-16-14-12-10-8-6-4-2/h12,14,18,24,29,31,37,39,42-44,46-51,53-54,56-60H,3-11,13,15-17,19-23,25-28,30,32-36,38,40-41H2,1-2H3,(H,52,55)(H,61,62)/b14-12-,24-18-,31-29+,39-37+. The molecule has 8 atom stereocenters. The summed E-state index contributed by atoms with van der Waals surface area (Å²) in [6.07, 6.45) is 34.8. The van der Waals surface area contributed by atoms with Crippen LogP contribution in [0.15, 0.2) is 48.6 Å². The van der Waals surface area contributed by atoms with Crippen molar-refractivity contribution in [3.8, 4) is 0 Å². The lowest BCUT2D eigenvalue weighted by Crippen LogP contribution is -2.64. The third kappa shape index (κ3) is 31.8. The van der Waals surface area contributed by atoms with E-state index >= 15 is 0 Å². The summed E-state index contributed by atoms with van der Waals surface area (Å²) in [5, 5.41) is 74.6. The number of rotatable bonds is 42. The summed E-state index contributed by atoms with van der Waals surface area (Å²) in [6, 6.07) is -1.26. The Kier molecular flexibility index (Phi) is 37.9. The number of aliphatic hydroxyl groups is 7. The molecule has 0 heterocycles. The highest BCUT2D eigenvalue weighted by molar-refractivity contribution is 7.47. The number of carbonyl (C=O) groups excluding carboxylic acids is 1. The smallest absolute Gasteiger partial charge is 0.393 e. The molecule has 0 aromatic rings. The second-order valence-electron chi connectivity index (χ2n) is 18.2. The minimum absolute atomic E-state index is 0.263. The van der Waals surface area contributed by atoms with Gasteiger partial charge in [-0.05, 0) is 64.2 Å². The molecule has 65 heavy (non-hydrogen) atoms. The van der Waals surface area contributed by atoms with Crippen molar-refractivity contribution >= 4 is 13.7 Å². The third-order valence-corrected chi connectivity index (χ3v) is 13.1. The Morgan fingerprint density at radius 2 is 0.954 bits per heavy atom. The van der Waals surface area contributed by atoms with Crippen LogP contribution in [0.25, 0.3) is 0 Å². The molecule has 380 valence electrons. The van der Waals surface area contributed by atoms with Crippen molar-refractivity contribution in [3.63, 3.8) is 0 Å². The predicted octanol–water partition coefficient (Wildman–Crippen LogP) is 9.48. The van der Waals surface area contributed by atoms with Crippen LogP contribution in [0.5, 0.6) is 0 Å². The van der Waals surface area contributed by atoms with Gasteiger partial charge >= 0.3 is 7.82 Å². The van der Waals surface area contributed by atoms with Crippen LogP contribution >= 0.6 is 7.82 Å². The van der Waals surface area contributed by atoms with Crippen molar-refractivity contribution in [2.75, 3.05) is 6.61 Å². The zero-order chi connectivity index (χ0) is 48.0. The molecule has 1 amide bonds. The minimum atomic E-state index is -5.16. The van der Waals surface area contributed by atoms with Gasteiger partial charge in [-0.2, -0.15) is 0 Å². The first kappa shape index (κ1) is 61.3. The molecule has 1 fully saturated rings. The number of allylic oxidation sites excluding steroid dienone is 7. The Bertz CT molecular complexity index is 1300. The fourth-order valence-electron chi connectivity index (χ4n) is 7.93. The highest BCUT2D eigenvalue weighted by atomic mass is 31.2. The fraction of sp³-hybridized carbons (Fsp3) is 0.824. The quantitative estimate of drug-likeness (QED) is 0.0158. The van der Waals surface area contributed by atoms with E-state index in [-0.39, 0.29) is 6.42 Å². The van der Waals surface area contributed by atoms with Crippen LogP contribution in [0, 0.1) is 0 Å². The number of phosphoric ester groups is 1. The molecule has 8 unspecified atom stereocenters. The normalized spacial score (nSPS) is 22.9. The number of hydrogen-bond donors (Lipinski definition) is 9. The van der Waals surface area contributed by atoms with Gasteiger partial charge in [0.2, 0.25) is 5.91 Å². The van der Waals surface area contributed by atoms with Crippen LogP contribution in [0.1, 0.15) is 206 Å². The molecule has 13 nitrogen and oxygen atoms in total. The molecule has 0 bridgehead atoms. The lowest BCUT2D eigenvalue weighted by Gasteiger charge is -2.41. The van der Waals surface area contributed by atoms with Crippen LogP contribution in [-0.2, 0) is 18.4 Å². The molecule has 0 aliphatic heterocycles. The molecule has 0 spiro atoms. The van der Waals surface area contributed by atoms with Crippen LogP contribution in [0.3, 0.4) is 0 Å². The van der Waals surface area contributed by atoms with Gasteiger partial charge in [0.25, 0.3) is 0 Å². The van der Waals surface area contributed by atoms with Gasteiger partial charge in [0.1, 0.15) is 36.6 Å². The first-order valence-electron chi connectivity index (χ1n) is 25.7. The number of amides is 1. The molecule has 0 radical (unpaired) electrons. The third-order valence-electron chi connectivity index (χ3n) is 12.1. The summed E-state index contributed by atoms with van der Waals surface area (Å²) >= 11 is 0. The Hall–Kier alpha value is -1.74. The van der Waals surface area contributed by atoms with Crippen LogP contribution < -0.4 is 5.32 Å². The van der Waals surface area contributed by atoms with Gasteiger partial charge in [-0.15, -0.1) is 0 Å². The van der Waals surface area contributed by atoms with Gasteiger partial charge < -0.3 is 46.0 Å². The molecule has 1 rings (SSSR count). The zero-order valence-electron chi connectivity index (χ0n) is 40.4. The van der Waals surface area contributed by atoms with Crippen molar-refractivity contribution in [1.29, 1.82) is 0 Å². The molecule has 0 aromatic carbocycles. The van der Waals surface area contributed by atoms with Gasteiger partial charge in [-0.1, -0.05) is 184 Å². The molecule has 14 heteroatoms. The summed E-state index contributed by atoms with van der Waals surface area (Å²) < 4.78 is 22.9. The van der Waals surface area contributed by atoms with Crippen LogP contribution in [-0.4, -0.2) is 108 Å². The Labute approximate surface area is 393 Å². The van der Waals surface area contributed by atoms with E-state index in [0.717, 1.165) is 70.6 Å². The van der Waals surface area contributed by atoms with Gasteiger partial charge in [-0.3, -0.25) is 13.8 Å². The Balaban J connectivity index is 2.53. The molecule has 9 N–H and O–H groups in total. The van der Waals surface area contributed by atoms with Gasteiger partial charge in [0.05, 0.1) is 31.3 Å². The number of hydrogen-bond acceptors (Lipinski definition) is 11. The highest BCUT2D eigenvalue weighted by Gasteiger charge is 2.51. The van der Waals surface area contributed by atoms with Crippen molar-refractivity contribution < 1.29 is 59.0 Å². The van der Waals surface area contributed by atoms with Crippen molar-refractivity contribution in [3.05, 3.63) is 48.6 Å². The molecule has 1 aliphatic carbocycles. The van der Waals surface area contributed by atoms with E-state index in [1.807, 2.05) is 0 Å². The lowest BCUT2D eigenvalue weighted by atomic mass is 9.85. The van der Waals surface area contributed by atoms with E-state index in [2.05, 4.69) is 55.6 Å². The zero-order valence-corrected chi connectivity index (χ0v) is 41.3. The second-order valence-corrected chi connectivity index (χ2v) is 19.6. The van der Waals surface area contributed by atoms with E-state index in [9.17, 15) is 50.0 Å². The first-order chi connectivity index (χ1) is 31.3. The SMILES string of the molecule is CCCCC/C=C\C/C=C\CCCCCCCC(O)CC(=O)NC(COP(=O)(O)OC1C(O)C(O)C(O)C(O)C1O)C(O)/C=C/CC/C=C/CCCCCCCCCCCCCCCC. The topological polar surface area (TPSA) is 226 Å². The predicted molar refractivity (Wildman–Crippen MR) is 261 cm³/mol. The highest BCUT2D eigenvalue weighted by Crippen LogP contribution is 2.47. The maximum atomic E-state index is 13.0. The van der Waals surface area contributed by atoms with Gasteiger partial charge in [-0.25, -0.2) is 4.57 Å². The Morgan fingerprint density at radius 1 is 0.554 bits per heavy atom. The average molecular weight is 944 g/mol. The monoisotopic (exact) mass is 944 g/mol. The summed E-state index contributed by atoms with van der Waals surface area (Å²) in [5.41, 5.74) is 0. The van der Waals surface area contributed by atoms with Crippen LogP contribution in [0.2, 0.25) is 0 Å². The van der Waals surface area contributed by atoms with Crippen molar-refractivity contribution in [2.24, 2.45) is 0 Å². The van der Waals surface area contributed by atoms with Crippen LogP contribution in [0.4, 0.5) is 0 Å². The average Bonchev–Trinajstić information content (AvgIpc) is 3.28. The summed E-state index contributed by atoms with van der Waals surface area (Å²) in [7, 11) is -5.16. The molecular weight excluding hydrogens is 850 g/mol. The fourth-order valence-corrected chi connectivity index (χ4v) is 8.90. The maximum Gasteiger partial charge on any atom is 0.472 e. The largest absolute Gasteiger partial charge is 0.472 e. The van der Waals surface area contributed by atoms with Crippen molar-refractivity contribution in [2.45, 2.75) is 261 Å². The Morgan fingerprint density at radius 3 is 1.48 bits per heavy atom. The minimum Gasteiger partial charge on any atom is -0.393 e. The first-order valence-corrected chi connectivity index (χ1v) is 27.2. The number of nitrogens with one attached hydrogen (secondary N) is 1. The summed E-state index contributed by atoms with van der Waals surface area (Å²) in [4.78, 5) is 23.5. The van der Waals surface area contributed by atoms with Gasteiger partial charge in [0, 0.05) is 0 Å². The molecule has 0 aromatic heterocycles. The second kappa shape index (κ2) is 40.2. The number of carbonyl (C=O) groups is 1. The van der Waals surface area contributed by atoms with Crippen molar-refractivity contribution in [1.82, 2.24) is 5.32 Å². The van der Waals surface area contributed by atoms with E-state index in [1.54, 1.807) is 6.08 Å². The number of unbranched alkanes of at least 4 members (excludes halogenated alkanes) is 23. The maximum absolute atomic E-state index is 13.0. The molecular formula is C51H94NO12P. The molecule has 0 saturated heterocycles. The summed E-state index contributed by atoms with van der Waals surface area (Å²) in [6.45, 7) is 3.71. The van der Waals surface area contributed by atoms with E-state index < -0.39 is 75.2 Å². The number of phosphoric acid groups is 1. The summed E-state index contributed by atoms with van der Waals surface area (Å²) in [5.74, 6) is -0.611. The number of aliphatic hydroxyl groups excluding tert-OH is 7. The van der Waals surface area contributed by atoms with Gasteiger partial charge in [0.15, 0.2) is 0 Å². The lowest BCUT2D eigenvalue weighted by molar-refractivity contribution is -0.220. The van der Waals surface area contributed by atoms with E-state index in [4.69, 9.17) is 9.05 Å². The molecule has 1 saturated carbocycles.